The Bertz CT molecular complexity index is 1670. The molecule has 0 aliphatic heterocycles. The molecule has 2 heterocycles. The van der Waals surface area contributed by atoms with Crippen molar-refractivity contribution in [3.05, 3.63) is 105 Å². The number of aromatic nitrogens is 2. The summed E-state index contributed by atoms with van der Waals surface area (Å²) >= 11 is 5.75. The van der Waals surface area contributed by atoms with Gasteiger partial charge in [-0.15, -0.1) is 0 Å². The topological polar surface area (TPSA) is 170 Å². The summed E-state index contributed by atoms with van der Waals surface area (Å²) in [7, 11) is 1.10. The summed E-state index contributed by atoms with van der Waals surface area (Å²) in [5.41, 5.74) is 1.57. The lowest BCUT2D eigenvalue weighted by Crippen LogP contribution is -2.25. The molecule has 2 aromatic carbocycles. The van der Waals surface area contributed by atoms with Gasteiger partial charge in [0.15, 0.2) is 22.9 Å². The van der Waals surface area contributed by atoms with Crippen LogP contribution in [0.2, 0.25) is 5.02 Å². The third-order valence-corrected chi connectivity index (χ3v) is 6.41. The predicted octanol–water partition coefficient (Wildman–Crippen LogP) is 4.12. The maximum absolute atomic E-state index is 13.4. The van der Waals surface area contributed by atoms with Gasteiger partial charge in [-0.2, -0.15) is 0 Å². The molecular formula is C29H24ClF2N3O9. The van der Waals surface area contributed by atoms with Gasteiger partial charge in [0.05, 0.1) is 18.7 Å². The lowest BCUT2D eigenvalue weighted by Gasteiger charge is -2.15. The number of aliphatic hydroxyl groups is 1. The van der Waals surface area contributed by atoms with Crippen LogP contribution in [0.15, 0.2) is 54.9 Å². The van der Waals surface area contributed by atoms with Crippen molar-refractivity contribution >= 4 is 23.5 Å². The number of amides is 1. The van der Waals surface area contributed by atoms with E-state index >= 15 is 0 Å². The summed E-state index contributed by atoms with van der Waals surface area (Å²) in [5, 5.41) is 31.0. The number of benzene rings is 2. The Hall–Kier alpha value is -5.05. The van der Waals surface area contributed by atoms with E-state index in [0.29, 0.717) is 5.75 Å². The molecule has 0 radical (unpaired) electrons. The Labute approximate surface area is 253 Å². The molecule has 0 saturated carbocycles. The number of hydrogen-bond acceptors (Lipinski definition) is 11. The molecule has 2 aromatic heterocycles. The van der Waals surface area contributed by atoms with E-state index in [4.69, 9.17) is 25.9 Å². The number of nitrogens with one attached hydrogen (secondary N) is 1. The molecule has 12 nitrogen and oxygen atoms in total. The van der Waals surface area contributed by atoms with Gasteiger partial charge in [-0.05, 0) is 36.4 Å². The largest absolute Gasteiger partial charge is 0.505 e. The second-order valence-electron chi connectivity index (χ2n) is 8.90. The van der Waals surface area contributed by atoms with Crippen molar-refractivity contribution in [3.8, 4) is 23.0 Å². The fraction of sp³-hybridized carbons (Fsp3) is 0.172. The zero-order chi connectivity index (χ0) is 31.8. The fourth-order valence-corrected chi connectivity index (χ4v) is 3.96. The third kappa shape index (κ3) is 7.47. The first-order valence-corrected chi connectivity index (χ1v) is 13.0. The van der Waals surface area contributed by atoms with Crippen LogP contribution in [0.3, 0.4) is 0 Å². The first-order chi connectivity index (χ1) is 21.1. The van der Waals surface area contributed by atoms with Gasteiger partial charge >= 0.3 is 5.97 Å². The van der Waals surface area contributed by atoms with Crippen LogP contribution < -0.4 is 15.0 Å². The highest BCUT2D eigenvalue weighted by Gasteiger charge is 2.23. The first-order valence-electron chi connectivity index (χ1n) is 12.6. The molecule has 0 saturated heterocycles. The highest BCUT2D eigenvalue weighted by molar-refractivity contribution is 6.30. The average Bonchev–Trinajstić information content (AvgIpc) is 3.02. The smallest absolute Gasteiger partial charge is 0.360 e. The molecule has 0 aliphatic carbocycles. The molecule has 0 unspecified atom stereocenters. The van der Waals surface area contributed by atoms with Gasteiger partial charge in [0, 0.05) is 40.7 Å². The molecular weight excluding hydrogens is 608 g/mol. The third-order valence-electron chi connectivity index (χ3n) is 6.12. The number of nitrogens with zero attached hydrogens (tertiary/aromatic N) is 2. The number of pyridine rings is 2. The zero-order valence-electron chi connectivity index (χ0n) is 22.8. The van der Waals surface area contributed by atoms with E-state index in [1.54, 1.807) is 0 Å². The standard InChI is InChI=1S/C29H24ClF2N3O9/c1-41-29(40)25-27(38)21(16(10-34-25)13-42-18-4-2-17(31)3-5-18)14-44-35-28(39)24-26(37)20(11-36)15(9-33-24)12-43-19-6-7-23(32)22(30)8-19/h2-10,36-38H,11-14H2,1H3,(H,35,39). The van der Waals surface area contributed by atoms with E-state index in [1.165, 1.54) is 48.8 Å². The molecule has 1 amide bonds. The van der Waals surface area contributed by atoms with Crippen LogP contribution in [-0.2, 0) is 36.0 Å². The number of esters is 1. The van der Waals surface area contributed by atoms with Crippen molar-refractivity contribution < 1.29 is 52.7 Å². The van der Waals surface area contributed by atoms with E-state index in [0.717, 1.165) is 13.2 Å². The Balaban J connectivity index is 1.47. The van der Waals surface area contributed by atoms with Gasteiger partial charge in [-0.25, -0.2) is 29.0 Å². The van der Waals surface area contributed by atoms with Crippen molar-refractivity contribution in [3.63, 3.8) is 0 Å². The first kappa shape index (κ1) is 31.9. The Morgan fingerprint density at radius 3 is 2.09 bits per heavy atom. The zero-order valence-corrected chi connectivity index (χ0v) is 23.6. The number of methoxy groups -OCH3 is 1. The van der Waals surface area contributed by atoms with Crippen LogP contribution in [0.1, 0.15) is 43.2 Å². The fourth-order valence-electron chi connectivity index (χ4n) is 3.79. The van der Waals surface area contributed by atoms with E-state index in [9.17, 15) is 33.7 Å². The summed E-state index contributed by atoms with van der Waals surface area (Å²) in [6, 6.07) is 8.85. The number of ether oxygens (including phenoxy) is 3. The second-order valence-corrected chi connectivity index (χ2v) is 9.30. The van der Waals surface area contributed by atoms with Crippen molar-refractivity contribution in [1.82, 2.24) is 15.4 Å². The maximum atomic E-state index is 13.4. The number of aromatic hydroxyl groups is 2. The van der Waals surface area contributed by atoms with Crippen molar-refractivity contribution in [2.24, 2.45) is 0 Å². The van der Waals surface area contributed by atoms with E-state index in [2.05, 4.69) is 20.2 Å². The summed E-state index contributed by atoms with van der Waals surface area (Å²) < 4.78 is 42.3. The van der Waals surface area contributed by atoms with Crippen LogP contribution >= 0.6 is 11.6 Å². The second kappa shape index (κ2) is 14.4. The summed E-state index contributed by atoms with van der Waals surface area (Å²) in [6.07, 6.45) is 2.42. The molecule has 15 heteroatoms. The molecule has 0 aliphatic rings. The van der Waals surface area contributed by atoms with Crippen molar-refractivity contribution in [2.45, 2.75) is 26.4 Å². The Morgan fingerprint density at radius 1 is 0.864 bits per heavy atom. The summed E-state index contributed by atoms with van der Waals surface area (Å²) in [5.74, 6) is -3.77. The number of halogens is 3. The van der Waals surface area contributed by atoms with Crippen LogP contribution in [-0.4, -0.2) is 44.3 Å². The van der Waals surface area contributed by atoms with Crippen LogP contribution in [0.25, 0.3) is 0 Å². The summed E-state index contributed by atoms with van der Waals surface area (Å²) in [4.78, 5) is 37.9. The molecule has 44 heavy (non-hydrogen) atoms. The minimum Gasteiger partial charge on any atom is -0.505 e. The SMILES string of the molecule is COC(=O)c1ncc(COc2ccc(F)cc2)c(CONC(=O)c2ncc(COc3ccc(F)c(Cl)c3)c(CO)c2O)c1O. The van der Waals surface area contributed by atoms with E-state index in [-0.39, 0.29) is 46.2 Å². The molecule has 230 valence electrons. The summed E-state index contributed by atoms with van der Waals surface area (Å²) in [6.45, 7) is -1.58. The minimum absolute atomic E-state index is 0.00410. The number of rotatable bonds is 12. The molecule has 0 fully saturated rings. The highest BCUT2D eigenvalue weighted by atomic mass is 35.5. The van der Waals surface area contributed by atoms with E-state index < -0.39 is 59.6 Å². The lowest BCUT2D eigenvalue weighted by atomic mass is 10.1. The molecule has 0 spiro atoms. The number of aliphatic hydroxyl groups excluding tert-OH is 1. The molecule has 4 N–H and O–H groups in total. The number of hydroxylamine groups is 1. The van der Waals surface area contributed by atoms with Crippen molar-refractivity contribution in [1.29, 1.82) is 0 Å². The maximum Gasteiger partial charge on any atom is 0.360 e. The molecule has 0 bridgehead atoms. The number of carbonyl (C=O) groups excluding carboxylic acids is 2. The van der Waals surface area contributed by atoms with Gasteiger partial charge < -0.3 is 29.5 Å². The molecule has 4 rings (SSSR count). The van der Waals surface area contributed by atoms with Gasteiger partial charge in [0.1, 0.15) is 43.0 Å². The number of carbonyl (C=O) groups is 2. The Kier molecular flexibility index (Phi) is 10.4. The minimum atomic E-state index is -1.01. The van der Waals surface area contributed by atoms with Crippen LogP contribution in [0.5, 0.6) is 23.0 Å². The van der Waals surface area contributed by atoms with Gasteiger partial charge in [0.25, 0.3) is 5.91 Å². The van der Waals surface area contributed by atoms with Crippen molar-refractivity contribution in [2.75, 3.05) is 7.11 Å². The monoisotopic (exact) mass is 631 g/mol. The molecule has 4 aromatic rings. The lowest BCUT2D eigenvalue weighted by molar-refractivity contribution is 0.0213. The average molecular weight is 632 g/mol. The van der Waals surface area contributed by atoms with Gasteiger partial charge in [-0.3, -0.25) is 9.63 Å². The Morgan fingerprint density at radius 2 is 1.45 bits per heavy atom. The highest BCUT2D eigenvalue weighted by Crippen LogP contribution is 2.29. The van der Waals surface area contributed by atoms with Crippen LogP contribution in [0, 0.1) is 11.6 Å². The van der Waals surface area contributed by atoms with Gasteiger partial charge in [0.2, 0.25) is 0 Å². The number of hydrogen-bond donors (Lipinski definition) is 4. The predicted molar refractivity (Wildman–Crippen MR) is 148 cm³/mol. The van der Waals surface area contributed by atoms with Gasteiger partial charge in [-0.1, -0.05) is 11.6 Å². The quantitative estimate of drug-likeness (QED) is 0.131. The normalized spacial score (nSPS) is 10.8. The van der Waals surface area contributed by atoms with E-state index in [1.807, 2.05) is 0 Å². The van der Waals surface area contributed by atoms with Crippen LogP contribution in [0.4, 0.5) is 8.78 Å². The molecule has 0 atom stereocenters.